The molecule has 0 unspecified atom stereocenters. The molecular formula is C24H24Cl2N4O2. The molecule has 0 atom stereocenters. The Balaban J connectivity index is 1.42. The summed E-state index contributed by atoms with van der Waals surface area (Å²) in [5, 5.41) is 11.1. The first-order chi connectivity index (χ1) is 15.5. The Morgan fingerprint density at radius 2 is 1.78 bits per heavy atom. The van der Waals surface area contributed by atoms with Crippen LogP contribution in [-0.2, 0) is 6.54 Å². The van der Waals surface area contributed by atoms with Gasteiger partial charge in [0.1, 0.15) is 0 Å². The van der Waals surface area contributed by atoms with Crippen LogP contribution in [0.4, 0.5) is 5.69 Å². The molecule has 2 amide bonds. The summed E-state index contributed by atoms with van der Waals surface area (Å²) in [4.78, 5) is 25.4. The quantitative estimate of drug-likeness (QED) is 0.495. The van der Waals surface area contributed by atoms with E-state index in [9.17, 15) is 9.59 Å². The predicted octanol–water partition coefficient (Wildman–Crippen LogP) is 5.55. The lowest BCUT2D eigenvalue weighted by molar-refractivity contribution is 0.0926. The van der Waals surface area contributed by atoms with E-state index in [0.717, 1.165) is 31.2 Å². The van der Waals surface area contributed by atoms with E-state index in [0.29, 0.717) is 33.4 Å². The molecule has 1 aliphatic carbocycles. The SMILES string of the molecule is O=C(Nc1ccc(Cl)c(C(=O)NC2CCCCC2)c1)c1cnn(Cc2ccccc2Cl)c1. The molecule has 4 rings (SSSR count). The summed E-state index contributed by atoms with van der Waals surface area (Å²) in [5.74, 6) is -0.540. The van der Waals surface area contributed by atoms with E-state index in [4.69, 9.17) is 23.2 Å². The Morgan fingerprint density at radius 3 is 2.56 bits per heavy atom. The standard InChI is InChI=1S/C24H24Cl2N4O2/c25-21-9-5-4-6-16(21)14-30-15-17(13-27-30)23(31)29-19-10-11-22(26)20(12-19)24(32)28-18-7-2-1-3-8-18/h4-6,9-13,15,18H,1-3,7-8,14H2,(H,28,32)(H,29,31). The number of rotatable bonds is 6. The number of amides is 2. The topological polar surface area (TPSA) is 76.0 Å². The summed E-state index contributed by atoms with van der Waals surface area (Å²) < 4.78 is 1.65. The van der Waals surface area contributed by atoms with Crippen molar-refractivity contribution in [1.82, 2.24) is 15.1 Å². The maximum Gasteiger partial charge on any atom is 0.258 e. The summed E-state index contributed by atoms with van der Waals surface area (Å²) in [6.07, 6.45) is 8.58. The summed E-state index contributed by atoms with van der Waals surface area (Å²) in [5.41, 5.74) is 2.16. The van der Waals surface area contributed by atoms with Gasteiger partial charge in [-0.1, -0.05) is 60.7 Å². The molecule has 166 valence electrons. The first-order valence-electron chi connectivity index (χ1n) is 10.7. The first kappa shape index (κ1) is 22.4. The van der Waals surface area contributed by atoms with Crippen LogP contribution in [0.15, 0.2) is 54.9 Å². The first-order valence-corrected chi connectivity index (χ1v) is 11.4. The highest BCUT2D eigenvalue weighted by Gasteiger charge is 2.19. The number of benzene rings is 2. The number of hydrogen-bond donors (Lipinski definition) is 2. The van der Waals surface area contributed by atoms with Crippen LogP contribution in [-0.4, -0.2) is 27.6 Å². The van der Waals surface area contributed by atoms with E-state index in [-0.39, 0.29) is 17.9 Å². The van der Waals surface area contributed by atoms with Gasteiger partial charge < -0.3 is 10.6 Å². The minimum Gasteiger partial charge on any atom is -0.349 e. The van der Waals surface area contributed by atoms with Crippen molar-refractivity contribution in [3.63, 3.8) is 0 Å². The largest absolute Gasteiger partial charge is 0.349 e. The van der Waals surface area contributed by atoms with E-state index in [1.54, 1.807) is 29.1 Å². The van der Waals surface area contributed by atoms with Crippen molar-refractivity contribution in [1.29, 1.82) is 0 Å². The third-order valence-electron chi connectivity index (χ3n) is 5.59. The Morgan fingerprint density at radius 1 is 1.00 bits per heavy atom. The van der Waals surface area contributed by atoms with Crippen molar-refractivity contribution in [2.24, 2.45) is 0 Å². The summed E-state index contributed by atoms with van der Waals surface area (Å²) >= 11 is 12.5. The van der Waals surface area contributed by atoms with E-state index in [2.05, 4.69) is 15.7 Å². The zero-order valence-corrected chi connectivity index (χ0v) is 19.0. The molecule has 1 heterocycles. The van der Waals surface area contributed by atoms with Gasteiger partial charge >= 0.3 is 0 Å². The molecule has 0 radical (unpaired) electrons. The van der Waals surface area contributed by atoms with E-state index in [1.165, 1.54) is 12.6 Å². The lowest BCUT2D eigenvalue weighted by Gasteiger charge is -2.23. The molecule has 32 heavy (non-hydrogen) atoms. The van der Waals surface area contributed by atoms with Gasteiger partial charge in [0, 0.05) is 22.9 Å². The monoisotopic (exact) mass is 470 g/mol. The summed E-state index contributed by atoms with van der Waals surface area (Å²) in [7, 11) is 0. The number of carbonyl (C=O) groups excluding carboxylic acids is 2. The van der Waals surface area contributed by atoms with Crippen molar-refractivity contribution >= 4 is 40.7 Å². The van der Waals surface area contributed by atoms with Crippen LogP contribution in [0.3, 0.4) is 0 Å². The van der Waals surface area contributed by atoms with Crippen LogP contribution < -0.4 is 10.6 Å². The molecule has 0 spiro atoms. The van der Waals surface area contributed by atoms with Crippen molar-refractivity contribution in [3.8, 4) is 0 Å². The van der Waals surface area contributed by atoms with E-state index >= 15 is 0 Å². The lowest BCUT2D eigenvalue weighted by atomic mass is 9.95. The molecule has 0 bridgehead atoms. The molecule has 0 saturated heterocycles. The van der Waals surface area contributed by atoms with Crippen LogP contribution in [0.2, 0.25) is 10.0 Å². The molecule has 8 heteroatoms. The fourth-order valence-electron chi connectivity index (χ4n) is 3.86. The molecule has 2 aromatic carbocycles. The van der Waals surface area contributed by atoms with Crippen molar-refractivity contribution in [2.75, 3.05) is 5.32 Å². The van der Waals surface area contributed by atoms with Crippen LogP contribution in [0.25, 0.3) is 0 Å². The Hall–Kier alpha value is -2.83. The number of hydrogen-bond acceptors (Lipinski definition) is 3. The maximum atomic E-state index is 12.7. The third kappa shape index (κ3) is 5.50. The molecule has 2 N–H and O–H groups in total. The fourth-order valence-corrected chi connectivity index (χ4v) is 4.26. The highest BCUT2D eigenvalue weighted by molar-refractivity contribution is 6.34. The molecular weight excluding hydrogens is 447 g/mol. The number of anilines is 1. The van der Waals surface area contributed by atoms with Gasteiger partial charge in [-0.25, -0.2) is 0 Å². The lowest BCUT2D eigenvalue weighted by Crippen LogP contribution is -2.36. The molecule has 1 aromatic heterocycles. The number of carbonyl (C=O) groups is 2. The van der Waals surface area contributed by atoms with E-state index in [1.807, 2.05) is 24.3 Å². The van der Waals surface area contributed by atoms with Gasteiger partial charge in [0.2, 0.25) is 0 Å². The summed E-state index contributed by atoms with van der Waals surface area (Å²) in [6, 6.07) is 12.6. The zero-order valence-electron chi connectivity index (χ0n) is 17.5. The highest BCUT2D eigenvalue weighted by atomic mass is 35.5. The second-order valence-corrected chi connectivity index (χ2v) is 8.79. The smallest absolute Gasteiger partial charge is 0.258 e. The minimum absolute atomic E-state index is 0.175. The number of halogens is 2. The van der Waals surface area contributed by atoms with Gasteiger partial charge in [-0.3, -0.25) is 14.3 Å². The molecule has 1 aliphatic rings. The van der Waals surface area contributed by atoms with Crippen LogP contribution in [0.1, 0.15) is 58.4 Å². The number of nitrogens with zero attached hydrogens (tertiary/aromatic N) is 2. The molecule has 0 aliphatic heterocycles. The minimum atomic E-state index is -0.323. The highest BCUT2D eigenvalue weighted by Crippen LogP contribution is 2.23. The normalized spacial score (nSPS) is 14.2. The molecule has 6 nitrogen and oxygen atoms in total. The maximum absolute atomic E-state index is 12.7. The van der Waals surface area contributed by atoms with Gasteiger partial charge in [0.05, 0.1) is 28.9 Å². The van der Waals surface area contributed by atoms with Crippen molar-refractivity contribution in [3.05, 3.63) is 81.6 Å². The van der Waals surface area contributed by atoms with E-state index < -0.39 is 0 Å². The Bertz CT molecular complexity index is 1120. The fraction of sp³-hybridized carbons (Fsp3) is 0.292. The second kappa shape index (κ2) is 10.2. The Kier molecular flexibility index (Phi) is 7.12. The van der Waals surface area contributed by atoms with Gasteiger partial charge in [0.25, 0.3) is 11.8 Å². The number of aromatic nitrogens is 2. The predicted molar refractivity (Wildman–Crippen MR) is 127 cm³/mol. The average molecular weight is 471 g/mol. The van der Waals surface area contributed by atoms with Crippen molar-refractivity contribution in [2.45, 2.75) is 44.7 Å². The van der Waals surface area contributed by atoms with Gasteiger partial charge in [-0.05, 0) is 42.7 Å². The zero-order chi connectivity index (χ0) is 22.5. The second-order valence-electron chi connectivity index (χ2n) is 7.98. The van der Waals surface area contributed by atoms with Gasteiger partial charge in [0.15, 0.2) is 0 Å². The van der Waals surface area contributed by atoms with Gasteiger partial charge in [-0.15, -0.1) is 0 Å². The molecule has 1 fully saturated rings. The van der Waals surface area contributed by atoms with Crippen LogP contribution in [0, 0.1) is 0 Å². The molecule has 1 saturated carbocycles. The van der Waals surface area contributed by atoms with Crippen molar-refractivity contribution < 1.29 is 9.59 Å². The summed E-state index contributed by atoms with van der Waals surface area (Å²) in [6.45, 7) is 0.458. The Labute approximate surface area is 196 Å². The van der Waals surface area contributed by atoms with Crippen LogP contribution in [0.5, 0.6) is 0 Å². The van der Waals surface area contributed by atoms with Gasteiger partial charge in [-0.2, -0.15) is 5.10 Å². The average Bonchev–Trinajstić information content (AvgIpc) is 3.26. The number of nitrogens with one attached hydrogen (secondary N) is 2. The molecule has 3 aromatic rings. The third-order valence-corrected chi connectivity index (χ3v) is 6.29. The van der Waals surface area contributed by atoms with Crippen LogP contribution >= 0.6 is 23.2 Å².